The first-order valence-electron chi connectivity index (χ1n) is 9.13. The van der Waals surface area contributed by atoms with Crippen LogP contribution in [0.5, 0.6) is 0 Å². The quantitative estimate of drug-likeness (QED) is 0.357. The van der Waals surface area contributed by atoms with Crippen molar-refractivity contribution in [2.75, 3.05) is 0 Å². The molecule has 0 aliphatic carbocycles. The number of halogens is 6. The Morgan fingerprint density at radius 3 is 2.42 bits per heavy atom. The number of alkyl halides is 3. The second-order valence-corrected chi connectivity index (χ2v) is 7.20. The minimum absolute atomic E-state index is 0.0764. The number of benzene rings is 2. The van der Waals surface area contributed by atoms with Gasteiger partial charge in [-0.25, -0.2) is 13.6 Å². The molecule has 2 aromatic heterocycles. The predicted octanol–water partition coefficient (Wildman–Crippen LogP) is 5.90. The predicted molar refractivity (Wildman–Crippen MR) is 106 cm³/mol. The fourth-order valence-electron chi connectivity index (χ4n) is 3.33. The normalized spacial score (nSPS) is 11.7. The van der Waals surface area contributed by atoms with E-state index in [0.717, 1.165) is 18.3 Å². The van der Waals surface area contributed by atoms with E-state index in [4.69, 9.17) is 16.1 Å². The standard InChI is InChI=1S/C21H11ClF5N3O3/c22-12-5-3-7-14(24)15(12)17-16(20(31)32)18(33-29-17)11-8-28-30(19(11)21(25,26)27)9-10-4-1-2-6-13(10)23/h1-8H,9H2,(H,31,32). The van der Waals surface area contributed by atoms with E-state index in [0.29, 0.717) is 4.68 Å². The molecule has 4 aromatic rings. The van der Waals surface area contributed by atoms with E-state index in [1.165, 1.54) is 30.3 Å². The molecule has 0 unspecified atom stereocenters. The van der Waals surface area contributed by atoms with Crippen molar-refractivity contribution in [3.05, 3.63) is 82.1 Å². The zero-order valence-electron chi connectivity index (χ0n) is 16.2. The van der Waals surface area contributed by atoms with E-state index in [-0.39, 0.29) is 10.6 Å². The first-order valence-corrected chi connectivity index (χ1v) is 9.51. The molecule has 0 radical (unpaired) electrons. The topological polar surface area (TPSA) is 81.2 Å². The zero-order chi connectivity index (χ0) is 23.9. The molecule has 2 aromatic carbocycles. The lowest BCUT2D eigenvalue weighted by molar-refractivity contribution is -0.143. The Labute approximate surface area is 186 Å². The summed E-state index contributed by atoms with van der Waals surface area (Å²) in [5.74, 6) is -4.22. The van der Waals surface area contributed by atoms with Crippen molar-refractivity contribution < 1.29 is 36.4 Å². The van der Waals surface area contributed by atoms with Crippen LogP contribution in [0.1, 0.15) is 21.6 Å². The third kappa shape index (κ3) is 4.07. The summed E-state index contributed by atoms with van der Waals surface area (Å²) in [5, 5.41) is 16.6. The minimum Gasteiger partial charge on any atom is -0.477 e. The molecule has 0 aliphatic heterocycles. The lowest BCUT2D eigenvalue weighted by Gasteiger charge is -2.12. The molecular formula is C21H11ClF5N3O3. The van der Waals surface area contributed by atoms with Gasteiger partial charge in [0.25, 0.3) is 0 Å². The second-order valence-electron chi connectivity index (χ2n) is 6.79. The monoisotopic (exact) mass is 483 g/mol. The number of carboxylic acids is 1. The number of aromatic carboxylic acids is 1. The molecular weight excluding hydrogens is 473 g/mol. The van der Waals surface area contributed by atoms with Gasteiger partial charge in [-0.2, -0.15) is 18.3 Å². The first-order chi connectivity index (χ1) is 15.6. The summed E-state index contributed by atoms with van der Waals surface area (Å²) in [5.41, 5.74) is -4.10. The summed E-state index contributed by atoms with van der Waals surface area (Å²) >= 11 is 5.96. The first kappa shape index (κ1) is 22.5. The highest BCUT2D eigenvalue weighted by Crippen LogP contribution is 2.42. The van der Waals surface area contributed by atoms with Crippen LogP contribution < -0.4 is 0 Å². The molecule has 0 aliphatic rings. The summed E-state index contributed by atoms with van der Waals surface area (Å²) < 4.78 is 75.7. The van der Waals surface area contributed by atoms with Crippen molar-refractivity contribution in [3.8, 4) is 22.6 Å². The van der Waals surface area contributed by atoms with Crippen LogP contribution in [-0.4, -0.2) is 26.0 Å². The van der Waals surface area contributed by atoms with Gasteiger partial charge in [0.1, 0.15) is 22.9 Å². The fraction of sp³-hybridized carbons (Fsp3) is 0.0952. The Hall–Kier alpha value is -3.73. The van der Waals surface area contributed by atoms with Crippen LogP contribution >= 0.6 is 11.6 Å². The number of carbonyl (C=O) groups is 1. The number of aromatic nitrogens is 3. The molecule has 33 heavy (non-hydrogen) atoms. The van der Waals surface area contributed by atoms with Crippen LogP contribution in [0.3, 0.4) is 0 Å². The smallest absolute Gasteiger partial charge is 0.433 e. The molecule has 12 heteroatoms. The minimum atomic E-state index is -5.03. The number of rotatable bonds is 5. The van der Waals surface area contributed by atoms with Crippen molar-refractivity contribution in [2.45, 2.75) is 12.7 Å². The van der Waals surface area contributed by atoms with E-state index >= 15 is 0 Å². The van der Waals surface area contributed by atoms with Gasteiger partial charge in [0, 0.05) is 5.56 Å². The summed E-state index contributed by atoms with van der Waals surface area (Å²) in [4.78, 5) is 12.0. The second kappa shape index (κ2) is 8.32. The molecule has 1 N–H and O–H groups in total. The van der Waals surface area contributed by atoms with E-state index < -0.39 is 64.2 Å². The Kier molecular flexibility index (Phi) is 5.66. The maximum Gasteiger partial charge on any atom is 0.433 e. The Balaban J connectivity index is 1.92. The molecule has 6 nitrogen and oxygen atoms in total. The summed E-state index contributed by atoms with van der Waals surface area (Å²) in [6.45, 7) is -0.593. The van der Waals surface area contributed by atoms with Crippen LogP contribution in [0.2, 0.25) is 5.02 Å². The maximum atomic E-state index is 14.4. The SMILES string of the molecule is O=C(O)c1c(-c2c(F)cccc2Cl)noc1-c1cnn(Cc2ccccc2F)c1C(F)(F)F. The van der Waals surface area contributed by atoms with Crippen LogP contribution in [0.4, 0.5) is 22.0 Å². The molecule has 0 fully saturated rings. The number of hydrogen-bond acceptors (Lipinski definition) is 4. The Bertz CT molecular complexity index is 1340. The van der Waals surface area contributed by atoms with Crippen LogP contribution in [0.25, 0.3) is 22.6 Å². The molecule has 0 amide bonds. The molecule has 0 spiro atoms. The Morgan fingerprint density at radius 2 is 1.79 bits per heavy atom. The molecule has 4 rings (SSSR count). The molecule has 2 heterocycles. The fourth-order valence-corrected chi connectivity index (χ4v) is 3.58. The summed E-state index contributed by atoms with van der Waals surface area (Å²) in [6, 6.07) is 8.68. The summed E-state index contributed by atoms with van der Waals surface area (Å²) in [7, 11) is 0. The van der Waals surface area contributed by atoms with E-state index in [1.807, 2.05) is 0 Å². The number of carboxylic acid groups (broad SMARTS) is 1. The van der Waals surface area contributed by atoms with Gasteiger partial charge in [0.2, 0.25) is 0 Å². The number of nitrogens with zero attached hydrogens (tertiary/aromatic N) is 3. The van der Waals surface area contributed by atoms with Crippen molar-refractivity contribution in [1.29, 1.82) is 0 Å². The van der Waals surface area contributed by atoms with E-state index in [9.17, 15) is 31.9 Å². The molecule has 0 saturated heterocycles. The third-order valence-corrected chi connectivity index (χ3v) is 5.05. The highest BCUT2D eigenvalue weighted by atomic mass is 35.5. The van der Waals surface area contributed by atoms with Crippen molar-refractivity contribution in [2.24, 2.45) is 0 Å². The molecule has 0 saturated carbocycles. The van der Waals surface area contributed by atoms with Crippen molar-refractivity contribution in [1.82, 2.24) is 14.9 Å². The molecule has 0 atom stereocenters. The lowest BCUT2D eigenvalue weighted by atomic mass is 10.0. The lowest BCUT2D eigenvalue weighted by Crippen LogP contribution is -2.17. The molecule has 0 bridgehead atoms. The van der Waals surface area contributed by atoms with Crippen LogP contribution in [0.15, 0.2) is 53.2 Å². The van der Waals surface area contributed by atoms with Crippen LogP contribution in [-0.2, 0) is 12.7 Å². The van der Waals surface area contributed by atoms with Crippen molar-refractivity contribution in [3.63, 3.8) is 0 Å². The third-order valence-electron chi connectivity index (χ3n) is 4.74. The van der Waals surface area contributed by atoms with Gasteiger partial charge in [-0.1, -0.05) is 41.0 Å². The van der Waals surface area contributed by atoms with E-state index in [2.05, 4.69) is 10.3 Å². The average molecular weight is 484 g/mol. The zero-order valence-corrected chi connectivity index (χ0v) is 17.0. The van der Waals surface area contributed by atoms with Gasteiger partial charge in [-0.15, -0.1) is 0 Å². The number of hydrogen-bond donors (Lipinski definition) is 1. The van der Waals surface area contributed by atoms with Crippen molar-refractivity contribution >= 4 is 17.6 Å². The van der Waals surface area contributed by atoms with Gasteiger partial charge < -0.3 is 9.63 Å². The van der Waals surface area contributed by atoms with Crippen LogP contribution in [0, 0.1) is 11.6 Å². The largest absolute Gasteiger partial charge is 0.477 e. The highest BCUT2D eigenvalue weighted by Gasteiger charge is 2.41. The highest BCUT2D eigenvalue weighted by molar-refractivity contribution is 6.33. The van der Waals surface area contributed by atoms with Gasteiger partial charge in [-0.3, -0.25) is 4.68 Å². The summed E-state index contributed by atoms with van der Waals surface area (Å²) in [6.07, 6.45) is -4.31. The average Bonchev–Trinajstić information content (AvgIpc) is 3.34. The Morgan fingerprint density at radius 1 is 1.09 bits per heavy atom. The van der Waals surface area contributed by atoms with Gasteiger partial charge >= 0.3 is 12.1 Å². The van der Waals surface area contributed by atoms with Gasteiger partial charge in [0.15, 0.2) is 11.5 Å². The van der Waals surface area contributed by atoms with Gasteiger partial charge in [-0.05, 0) is 18.2 Å². The maximum absolute atomic E-state index is 14.4. The molecule has 170 valence electrons. The van der Waals surface area contributed by atoms with Gasteiger partial charge in [0.05, 0.1) is 28.9 Å². The van der Waals surface area contributed by atoms with E-state index in [1.54, 1.807) is 0 Å².